The van der Waals surface area contributed by atoms with Gasteiger partial charge in [-0.05, 0) is 19.1 Å². The average molecular weight is 316 g/mol. The highest BCUT2D eigenvalue weighted by atomic mass is 32.1. The third-order valence-electron chi connectivity index (χ3n) is 2.77. The van der Waals surface area contributed by atoms with Gasteiger partial charge in [0.05, 0.1) is 17.9 Å². The zero-order valence-corrected chi connectivity index (χ0v) is 12.9. The Bertz CT molecular complexity index is 738. The first-order valence-corrected chi connectivity index (χ1v) is 7.99. The molecule has 0 bridgehead atoms. The number of pyridine rings is 1. The Hall–Kier alpha value is -2.12. The quantitative estimate of drug-likeness (QED) is 0.803. The molecule has 7 heteroatoms. The number of amides is 1. The lowest BCUT2D eigenvalue weighted by Crippen LogP contribution is -2.22. The fourth-order valence-corrected chi connectivity index (χ4v) is 3.30. The van der Waals surface area contributed by atoms with Crippen molar-refractivity contribution >= 4 is 28.6 Å². The molecule has 0 saturated heterocycles. The summed E-state index contributed by atoms with van der Waals surface area (Å²) in [6, 6.07) is 5.64. The van der Waals surface area contributed by atoms with Crippen molar-refractivity contribution in [2.45, 2.75) is 13.5 Å². The molecule has 0 atom stereocenters. The standard InChI is InChI=1S/C14H12N4OS2/c1-9-12(13(19)17-8-11-16-6-7-20-11)21-14(18-9)10-4-2-3-5-15-10/h2-7H,8H2,1H3,(H,17,19). The predicted octanol–water partition coefficient (Wildman–Crippen LogP) is 2.90. The van der Waals surface area contributed by atoms with E-state index in [1.54, 1.807) is 12.4 Å². The summed E-state index contributed by atoms with van der Waals surface area (Å²) in [6.07, 6.45) is 3.44. The summed E-state index contributed by atoms with van der Waals surface area (Å²) in [5, 5.41) is 6.40. The van der Waals surface area contributed by atoms with Gasteiger partial charge in [-0.3, -0.25) is 9.78 Å². The van der Waals surface area contributed by atoms with Gasteiger partial charge in [-0.1, -0.05) is 6.07 Å². The van der Waals surface area contributed by atoms with Gasteiger partial charge in [-0.2, -0.15) is 0 Å². The number of hydrogen-bond donors (Lipinski definition) is 1. The molecule has 5 nitrogen and oxygen atoms in total. The van der Waals surface area contributed by atoms with Gasteiger partial charge in [0.1, 0.15) is 14.9 Å². The van der Waals surface area contributed by atoms with Crippen molar-refractivity contribution < 1.29 is 4.79 Å². The van der Waals surface area contributed by atoms with E-state index in [1.807, 2.05) is 30.5 Å². The fraction of sp³-hybridized carbons (Fsp3) is 0.143. The van der Waals surface area contributed by atoms with Gasteiger partial charge >= 0.3 is 0 Å². The zero-order chi connectivity index (χ0) is 14.7. The van der Waals surface area contributed by atoms with Crippen LogP contribution in [0, 0.1) is 6.92 Å². The maximum Gasteiger partial charge on any atom is 0.263 e. The summed E-state index contributed by atoms with van der Waals surface area (Å²) >= 11 is 2.87. The third-order valence-corrected chi connectivity index (χ3v) is 4.73. The van der Waals surface area contributed by atoms with Crippen molar-refractivity contribution in [2.24, 2.45) is 0 Å². The summed E-state index contributed by atoms with van der Waals surface area (Å²) < 4.78 is 0. The number of aryl methyl sites for hydroxylation is 1. The van der Waals surface area contributed by atoms with Crippen molar-refractivity contribution in [3.8, 4) is 10.7 Å². The van der Waals surface area contributed by atoms with E-state index >= 15 is 0 Å². The first-order chi connectivity index (χ1) is 10.2. The first kappa shape index (κ1) is 13.8. The minimum atomic E-state index is -0.123. The topological polar surface area (TPSA) is 67.8 Å². The van der Waals surface area contributed by atoms with E-state index in [-0.39, 0.29) is 5.91 Å². The molecule has 0 unspecified atom stereocenters. The number of hydrogen-bond acceptors (Lipinski definition) is 6. The molecular formula is C14H12N4OS2. The second kappa shape index (κ2) is 6.11. The fourth-order valence-electron chi connectivity index (χ4n) is 1.78. The van der Waals surface area contributed by atoms with E-state index in [0.29, 0.717) is 11.4 Å². The van der Waals surface area contributed by atoms with Crippen molar-refractivity contribution in [3.05, 3.63) is 51.6 Å². The Morgan fingerprint density at radius 1 is 1.29 bits per heavy atom. The lowest BCUT2D eigenvalue weighted by molar-refractivity contribution is 0.0954. The summed E-state index contributed by atoms with van der Waals surface area (Å²) in [7, 11) is 0. The molecule has 0 aromatic carbocycles. The lowest BCUT2D eigenvalue weighted by Gasteiger charge is -2.00. The Labute approximate surface area is 129 Å². The van der Waals surface area contributed by atoms with Crippen LogP contribution in [0.5, 0.6) is 0 Å². The summed E-state index contributed by atoms with van der Waals surface area (Å²) in [4.78, 5) is 25.7. The molecule has 106 valence electrons. The van der Waals surface area contributed by atoms with E-state index in [0.717, 1.165) is 21.4 Å². The molecule has 0 aliphatic rings. The highest BCUT2D eigenvalue weighted by molar-refractivity contribution is 7.17. The molecule has 3 heterocycles. The van der Waals surface area contributed by atoms with Gasteiger partial charge in [-0.25, -0.2) is 9.97 Å². The number of nitrogens with zero attached hydrogens (tertiary/aromatic N) is 3. The van der Waals surface area contributed by atoms with Crippen LogP contribution in [0.2, 0.25) is 0 Å². The normalized spacial score (nSPS) is 10.5. The second-order valence-electron chi connectivity index (χ2n) is 4.26. The molecule has 1 amide bonds. The third kappa shape index (κ3) is 3.14. The molecular weight excluding hydrogens is 304 g/mol. The Kier molecular flexibility index (Phi) is 4.03. The Morgan fingerprint density at radius 3 is 2.90 bits per heavy atom. The molecule has 3 aromatic heterocycles. The summed E-state index contributed by atoms with van der Waals surface area (Å²) in [6.45, 7) is 2.27. The number of carbonyl (C=O) groups excluding carboxylic acids is 1. The largest absolute Gasteiger partial charge is 0.345 e. The van der Waals surface area contributed by atoms with Crippen LogP contribution in [0.3, 0.4) is 0 Å². The number of thiazole rings is 2. The van der Waals surface area contributed by atoms with Gasteiger partial charge in [-0.15, -0.1) is 22.7 Å². The minimum absolute atomic E-state index is 0.123. The smallest absolute Gasteiger partial charge is 0.263 e. The minimum Gasteiger partial charge on any atom is -0.345 e. The van der Waals surface area contributed by atoms with E-state index in [1.165, 1.54) is 22.7 Å². The monoisotopic (exact) mass is 316 g/mol. The lowest BCUT2D eigenvalue weighted by atomic mass is 10.3. The molecule has 3 aromatic rings. The number of aromatic nitrogens is 3. The summed E-state index contributed by atoms with van der Waals surface area (Å²) in [5.74, 6) is -0.123. The van der Waals surface area contributed by atoms with Crippen molar-refractivity contribution in [1.29, 1.82) is 0 Å². The van der Waals surface area contributed by atoms with Gasteiger partial charge in [0.25, 0.3) is 5.91 Å². The van der Waals surface area contributed by atoms with Crippen LogP contribution in [0.15, 0.2) is 36.0 Å². The first-order valence-electron chi connectivity index (χ1n) is 6.29. The van der Waals surface area contributed by atoms with Crippen LogP contribution in [0.1, 0.15) is 20.4 Å². The van der Waals surface area contributed by atoms with Crippen LogP contribution >= 0.6 is 22.7 Å². The number of carbonyl (C=O) groups is 1. The summed E-state index contributed by atoms with van der Waals surface area (Å²) in [5.41, 5.74) is 1.50. The van der Waals surface area contributed by atoms with Crippen molar-refractivity contribution in [2.75, 3.05) is 0 Å². The molecule has 0 aliphatic carbocycles. The van der Waals surface area contributed by atoms with Crippen LogP contribution < -0.4 is 5.32 Å². The van der Waals surface area contributed by atoms with Gasteiger partial charge < -0.3 is 5.32 Å². The SMILES string of the molecule is Cc1nc(-c2ccccn2)sc1C(=O)NCc1nccs1. The maximum absolute atomic E-state index is 12.2. The van der Waals surface area contributed by atoms with Crippen LogP contribution in [-0.2, 0) is 6.54 Å². The molecule has 1 N–H and O–H groups in total. The highest BCUT2D eigenvalue weighted by Gasteiger charge is 2.16. The van der Waals surface area contributed by atoms with E-state index in [4.69, 9.17) is 0 Å². The van der Waals surface area contributed by atoms with Crippen molar-refractivity contribution in [3.63, 3.8) is 0 Å². The molecule has 0 spiro atoms. The number of nitrogens with one attached hydrogen (secondary N) is 1. The van der Waals surface area contributed by atoms with E-state index in [9.17, 15) is 4.79 Å². The van der Waals surface area contributed by atoms with Crippen molar-refractivity contribution in [1.82, 2.24) is 20.3 Å². The van der Waals surface area contributed by atoms with Crippen LogP contribution in [0.4, 0.5) is 0 Å². The maximum atomic E-state index is 12.2. The average Bonchev–Trinajstić information content (AvgIpc) is 3.15. The molecule has 3 rings (SSSR count). The molecule has 0 saturated carbocycles. The molecule has 0 radical (unpaired) electrons. The molecule has 0 fully saturated rings. The van der Waals surface area contributed by atoms with E-state index < -0.39 is 0 Å². The van der Waals surface area contributed by atoms with Crippen LogP contribution in [0.25, 0.3) is 10.7 Å². The van der Waals surface area contributed by atoms with E-state index in [2.05, 4.69) is 20.3 Å². The van der Waals surface area contributed by atoms with Gasteiger partial charge in [0.15, 0.2) is 0 Å². The Morgan fingerprint density at radius 2 is 2.19 bits per heavy atom. The predicted molar refractivity (Wildman–Crippen MR) is 83.4 cm³/mol. The van der Waals surface area contributed by atoms with Crippen LogP contribution in [-0.4, -0.2) is 20.9 Å². The number of rotatable bonds is 4. The van der Waals surface area contributed by atoms with Gasteiger partial charge in [0.2, 0.25) is 0 Å². The highest BCUT2D eigenvalue weighted by Crippen LogP contribution is 2.26. The molecule has 0 aliphatic heterocycles. The Balaban J connectivity index is 1.76. The second-order valence-corrected chi connectivity index (χ2v) is 6.24. The zero-order valence-electron chi connectivity index (χ0n) is 11.2. The van der Waals surface area contributed by atoms with Gasteiger partial charge in [0, 0.05) is 17.8 Å². The molecule has 21 heavy (non-hydrogen) atoms.